The molecule has 0 bridgehead atoms. The molecular formula is C18H21N3O. The number of phenols is 1. The molecule has 114 valence electrons. The maximum absolute atomic E-state index is 9.55. The molecule has 22 heavy (non-hydrogen) atoms. The van der Waals surface area contributed by atoms with Crippen LogP contribution in [-0.2, 0) is 13.0 Å². The van der Waals surface area contributed by atoms with Crippen molar-refractivity contribution < 1.29 is 5.11 Å². The molecule has 2 N–H and O–H groups in total. The summed E-state index contributed by atoms with van der Waals surface area (Å²) in [7, 11) is 0. The van der Waals surface area contributed by atoms with E-state index in [0.717, 1.165) is 31.0 Å². The standard InChI is InChI=1S/C18H21N3O/c1-2-19-18(20-13-14-6-5-8-16(22)12-14)21-11-10-15-7-3-4-9-17(15)21/h3-9,12,22H,2,10-11,13H2,1H3,(H,19,20). The number of hydrogen-bond acceptors (Lipinski definition) is 2. The number of rotatable bonds is 3. The molecule has 0 saturated carbocycles. The Bertz CT molecular complexity index is 682. The fourth-order valence-electron chi connectivity index (χ4n) is 2.77. The minimum atomic E-state index is 0.282. The number of hydrogen-bond donors (Lipinski definition) is 2. The van der Waals surface area contributed by atoms with Crippen molar-refractivity contribution >= 4 is 11.6 Å². The molecule has 0 fully saturated rings. The van der Waals surface area contributed by atoms with Gasteiger partial charge in [-0.05, 0) is 42.7 Å². The summed E-state index contributed by atoms with van der Waals surface area (Å²) in [5.74, 6) is 1.18. The summed E-state index contributed by atoms with van der Waals surface area (Å²) in [5, 5.41) is 12.9. The van der Waals surface area contributed by atoms with Crippen LogP contribution in [0.15, 0.2) is 53.5 Å². The molecule has 0 saturated heterocycles. The molecule has 3 rings (SSSR count). The molecule has 0 atom stereocenters. The Labute approximate surface area is 131 Å². The van der Waals surface area contributed by atoms with Gasteiger partial charge in [0.15, 0.2) is 5.96 Å². The molecule has 0 unspecified atom stereocenters. The number of nitrogens with zero attached hydrogens (tertiary/aromatic N) is 2. The third-order valence-corrected chi connectivity index (χ3v) is 3.80. The largest absolute Gasteiger partial charge is 0.508 e. The normalized spacial score (nSPS) is 14.0. The van der Waals surface area contributed by atoms with Crippen LogP contribution in [0.5, 0.6) is 5.75 Å². The van der Waals surface area contributed by atoms with E-state index in [9.17, 15) is 5.11 Å². The van der Waals surface area contributed by atoms with Crippen molar-refractivity contribution in [3.63, 3.8) is 0 Å². The van der Waals surface area contributed by atoms with Crippen molar-refractivity contribution in [1.82, 2.24) is 5.32 Å². The maximum atomic E-state index is 9.55. The summed E-state index contributed by atoms with van der Waals surface area (Å²) in [6.45, 7) is 4.41. The van der Waals surface area contributed by atoms with Gasteiger partial charge in [-0.3, -0.25) is 0 Å². The highest BCUT2D eigenvalue weighted by Crippen LogP contribution is 2.27. The highest BCUT2D eigenvalue weighted by atomic mass is 16.3. The minimum absolute atomic E-state index is 0.282. The first-order valence-corrected chi connectivity index (χ1v) is 7.69. The van der Waals surface area contributed by atoms with Gasteiger partial charge >= 0.3 is 0 Å². The third-order valence-electron chi connectivity index (χ3n) is 3.80. The number of phenolic OH excluding ortho intramolecular Hbond substituents is 1. The lowest BCUT2D eigenvalue weighted by molar-refractivity contribution is 0.474. The van der Waals surface area contributed by atoms with E-state index in [2.05, 4.69) is 41.4 Å². The van der Waals surface area contributed by atoms with Crippen molar-refractivity contribution in [3.8, 4) is 5.75 Å². The Morgan fingerprint density at radius 3 is 2.91 bits per heavy atom. The number of para-hydroxylation sites is 1. The Morgan fingerprint density at radius 2 is 2.09 bits per heavy atom. The summed E-state index contributed by atoms with van der Waals surface area (Å²) in [6.07, 6.45) is 1.05. The quantitative estimate of drug-likeness (QED) is 0.676. The van der Waals surface area contributed by atoms with Crippen LogP contribution in [0, 0.1) is 0 Å². The minimum Gasteiger partial charge on any atom is -0.508 e. The van der Waals surface area contributed by atoms with E-state index in [4.69, 9.17) is 4.99 Å². The lowest BCUT2D eigenvalue weighted by Gasteiger charge is -2.22. The van der Waals surface area contributed by atoms with E-state index in [1.54, 1.807) is 12.1 Å². The van der Waals surface area contributed by atoms with Gasteiger partial charge in [-0.2, -0.15) is 0 Å². The Kier molecular flexibility index (Phi) is 4.28. The van der Waals surface area contributed by atoms with Gasteiger partial charge in [0.2, 0.25) is 0 Å². The molecular weight excluding hydrogens is 274 g/mol. The van der Waals surface area contributed by atoms with Crippen LogP contribution in [-0.4, -0.2) is 24.2 Å². The van der Waals surface area contributed by atoms with Gasteiger partial charge in [-0.25, -0.2) is 4.99 Å². The first-order chi connectivity index (χ1) is 10.8. The molecule has 0 spiro atoms. The molecule has 4 nitrogen and oxygen atoms in total. The molecule has 4 heteroatoms. The van der Waals surface area contributed by atoms with Gasteiger partial charge in [0.1, 0.15) is 5.75 Å². The van der Waals surface area contributed by atoms with Crippen molar-refractivity contribution in [2.45, 2.75) is 19.9 Å². The van der Waals surface area contributed by atoms with Crippen LogP contribution >= 0.6 is 0 Å². The van der Waals surface area contributed by atoms with E-state index < -0.39 is 0 Å². The summed E-state index contributed by atoms with van der Waals surface area (Å²) in [4.78, 5) is 6.96. The van der Waals surface area contributed by atoms with E-state index in [1.165, 1.54) is 11.3 Å². The van der Waals surface area contributed by atoms with Crippen LogP contribution in [0.4, 0.5) is 5.69 Å². The Hall–Kier alpha value is -2.49. The average Bonchev–Trinajstić information content (AvgIpc) is 2.95. The topological polar surface area (TPSA) is 47.9 Å². The number of benzene rings is 2. The highest BCUT2D eigenvalue weighted by molar-refractivity contribution is 5.97. The van der Waals surface area contributed by atoms with Crippen molar-refractivity contribution in [1.29, 1.82) is 0 Å². The summed E-state index contributed by atoms with van der Waals surface area (Å²) in [5.41, 5.74) is 3.60. The average molecular weight is 295 g/mol. The van der Waals surface area contributed by atoms with Gasteiger partial charge in [0.05, 0.1) is 6.54 Å². The Morgan fingerprint density at radius 1 is 1.23 bits per heavy atom. The monoisotopic (exact) mass is 295 g/mol. The van der Waals surface area contributed by atoms with E-state index in [1.807, 2.05) is 12.1 Å². The van der Waals surface area contributed by atoms with Crippen molar-refractivity contribution in [2.75, 3.05) is 18.0 Å². The number of aromatic hydroxyl groups is 1. The van der Waals surface area contributed by atoms with Crippen LogP contribution in [0.25, 0.3) is 0 Å². The van der Waals surface area contributed by atoms with Crippen LogP contribution in [0.3, 0.4) is 0 Å². The van der Waals surface area contributed by atoms with Crippen LogP contribution in [0.2, 0.25) is 0 Å². The van der Waals surface area contributed by atoms with Gasteiger partial charge < -0.3 is 15.3 Å². The van der Waals surface area contributed by atoms with E-state index >= 15 is 0 Å². The summed E-state index contributed by atoms with van der Waals surface area (Å²) in [6, 6.07) is 15.7. The smallest absolute Gasteiger partial charge is 0.198 e. The SMILES string of the molecule is CCNC(=NCc1cccc(O)c1)N1CCc2ccccc21. The lowest BCUT2D eigenvalue weighted by atomic mass is 10.2. The predicted molar refractivity (Wildman–Crippen MR) is 90.4 cm³/mol. The van der Waals surface area contributed by atoms with Gasteiger partial charge in [-0.1, -0.05) is 30.3 Å². The molecule has 1 aliphatic heterocycles. The molecule has 0 aromatic heterocycles. The van der Waals surface area contributed by atoms with E-state index in [0.29, 0.717) is 6.54 Å². The fourth-order valence-corrected chi connectivity index (χ4v) is 2.77. The Balaban J connectivity index is 1.83. The second kappa shape index (κ2) is 6.52. The number of anilines is 1. The molecule has 2 aromatic carbocycles. The zero-order chi connectivity index (χ0) is 15.4. The first kappa shape index (κ1) is 14.4. The second-order valence-corrected chi connectivity index (χ2v) is 5.37. The van der Waals surface area contributed by atoms with Gasteiger partial charge in [0, 0.05) is 18.8 Å². The van der Waals surface area contributed by atoms with Gasteiger partial charge in [0.25, 0.3) is 0 Å². The fraction of sp³-hybridized carbons (Fsp3) is 0.278. The van der Waals surface area contributed by atoms with Gasteiger partial charge in [-0.15, -0.1) is 0 Å². The van der Waals surface area contributed by atoms with Crippen LogP contribution in [0.1, 0.15) is 18.1 Å². The second-order valence-electron chi connectivity index (χ2n) is 5.37. The molecule has 2 aromatic rings. The summed E-state index contributed by atoms with van der Waals surface area (Å²) >= 11 is 0. The first-order valence-electron chi connectivity index (χ1n) is 7.69. The molecule has 1 aliphatic rings. The molecule has 0 amide bonds. The number of aliphatic imine (C=N–C) groups is 1. The van der Waals surface area contributed by atoms with Crippen LogP contribution < -0.4 is 10.2 Å². The number of fused-ring (bicyclic) bond motifs is 1. The number of nitrogens with one attached hydrogen (secondary N) is 1. The predicted octanol–water partition coefficient (Wildman–Crippen LogP) is 2.92. The van der Waals surface area contributed by atoms with Crippen molar-refractivity contribution in [3.05, 3.63) is 59.7 Å². The third kappa shape index (κ3) is 3.06. The maximum Gasteiger partial charge on any atom is 0.198 e. The molecule has 0 radical (unpaired) electrons. The van der Waals surface area contributed by atoms with E-state index in [-0.39, 0.29) is 5.75 Å². The van der Waals surface area contributed by atoms with Crippen molar-refractivity contribution in [2.24, 2.45) is 4.99 Å². The zero-order valence-corrected chi connectivity index (χ0v) is 12.8. The summed E-state index contributed by atoms with van der Waals surface area (Å²) < 4.78 is 0. The molecule has 0 aliphatic carbocycles. The highest BCUT2D eigenvalue weighted by Gasteiger charge is 2.22. The molecule has 1 heterocycles. The zero-order valence-electron chi connectivity index (χ0n) is 12.8. The number of guanidine groups is 1. The lowest BCUT2D eigenvalue weighted by Crippen LogP contribution is -2.40.